The molecule has 1 aromatic carbocycles. The first-order valence-electron chi connectivity index (χ1n) is 6.29. The Morgan fingerprint density at radius 3 is 2.81 bits per heavy atom. The Kier molecular flexibility index (Phi) is 4.28. The summed E-state index contributed by atoms with van der Waals surface area (Å²) in [5.74, 6) is 1.20. The number of para-hydroxylation sites is 1. The molecule has 6 nitrogen and oxygen atoms in total. The Bertz CT molecular complexity index is 625. The summed E-state index contributed by atoms with van der Waals surface area (Å²) in [7, 11) is 0. The fourth-order valence-corrected chi connectivity index (χ4v) is 2.34. The molecule has 0 fully saturated rings. The molecule has 110 valence electrons. The van der Waals surface area contributed by atoms with Gasteiger partial charge in [-0.15, -0.1) is 0 Å². The van der Waals surface area contributed by atoms with Crippen LogP contribution in [-0.4, -0.2) is 29.3 Å². The van der Waals surface area contributed by atoms with E-state index in [2.05, 4.69) is 15.5 Å². The molecule has 2 heterocycles. The first kappa shape index (κ1) is 14.2. The number of nitrogens with one attached hydrogen (secondary N) is 1. The number of benzene rings is 1. The van der Waals surface area contributed by atoms with E-state index in [0.717, 1.165) is 0 Å². The minimum Gasteiger partial charge on any atom is -0.359 e. The van der Waals surface area contributed by atoms with Crippen LogP contribution in [0.1, 0.15) is 5.76 Å². The number of aromatic nitrogens is 1. The van der Waals surface area contributed by atoms with Crippen molar-refractivity contribution in [2.24, 2.45) is 4.99 Å². The monoisotopic (exact) mass is 326 g/mol. The van der Waals surface area contributed by atoms with Crippen LogP contribution in [0.25, 0.3) is 0 Å². The predicted octanol–water partition coefficient (Wildman–Crippen LogP) is 3.20. The van der Waals surface area contributed by atoms with Crippen LogP contribution < -0.4 is 5.32 Å². The molecule has 0 amide bonds. The second-order valence-electron chi connectivity index (χ2n) is 4.28. The number of halogens is 2. The van der Waals surface area contributed by atoms with Crippen molar-refractivity contribution in [3.8, 4) is 0 Å². The van der Waals surface area contributed by atoms with E-state index in [4.69, 9.17) is 32.6 Å². The van der Waals surface area contributed by atoms with Gasteiger partial charge in [0.2, 0.25) is 5.96 Å². The fraction of sp³-hybridized carbons (Fsp3) is 0.231. The van der Waals surface area contributed by atoms with Crippen LogP contribution in [0.4, 0.5) is 5.69 Å². The smallest absolute Gasteiger partial charge is 0.223 e. The van der Waals surface area contributed by atoms with Gasteiger partial charge in [-0.3, -0.25) is 4.84 Å². The number of hydroxylamine groups is 2. The second kappa shape index (κ2) is 6.34. The third-order valence-corrected chi connectivity index (χ3v) is 3.48. The largest absolute Gasteiger partial charge is 0.359 e. The summed E-state index contributed by atoms with van der Waals surface area (Å²) in [6.45, 7) is 1.54. The predicted molar refractivity (Wildman–Crippen MR) is 80.4 cm³/mol. The fourth-order valence-electron chi connectivity index (χ4n) is 1.85. The summed E-state index contributed by atoms with van der Waals surface area (Å²) in [5, 5.41) is 9.40. The van der Waals surface area contributed by atoms with E-state index in [1.54, 1.807) is 35.5 Å². The molecule has 0 spiro atoms. The maximum absolute atomic E-state index is 6.13. The topological polar surface area (TPSA) is 62.9 Å². The Balaban J connectivity index is 1.67. The summed E-state index contributed by atoms with van der Waals surface area (Å²) in [4.78, 5) is 9.97. The third kappa shape index (κ3) is 3.29. The van der Waals surface area contributed by atoms with E-state index in [0.29, 0.717) is 40.5 Å². The van der Waals surface area contributed by atoms with Gasteiger partial charge in [0.15, 0.2) is 5.76 Å². The molecular weight excluding hydrogens is 315 g/mol. The summed E-state index contributed by atoms with van der Waals surface area (Å²) in [6, 6.07) is 7.03. The lowest BCUT2D eigenvalue weighted by Gasteiger charge is -2.20. The summed E-state index contributed by atoms with van der Waals surface area (Å²) >= 11 is 12.3. The molecule has 0 unspecified atom stereocenters. The molecule has 0 radical (unpaired) electrons. The minimum atomic E-state index is 0.275. The Morgan fingerprint density at radius 1 is 1.29 bits per heavy atom. The molecule has 8 heteroatoms. The summed E-state index contributed by atoms with van der Waals surface area (Å²) in [6.07, 6.45) is 1.57. The van der Waals surface area contributed by atoms with Crippen molar-refractivity contribution in [2.45, 2.75) is 6.61 Å². The number of hydrogen-bond donors (Lipinski definition) is 1. The van der Waals surface area contributed by atoms with Gasteiger partial charge in [0.05, 0.1) is 35.0 Å². The molecule has 0 aliphatic carbocycles. The van der Waals surface area contributed by atoms with Gasteiger partial charge in [0.25, 0.3) is 0 Å². The molecule has 0 saturated carbocycles. The SMILES string of the molecule is Clc1cccc(Cl)c1NC1=NCCN1OCc1ccno1. The highest BCUT2D eigenvalue weighted by Crippen LogP contribution is 2.30. The number of hydrogen-bond acceptors (Lipinski definition) is 6. The molecule has 21 heavy (non-hydrogen) atoms. The number of guanidine groups is 1. The maximum Gasteiger partial charge on any atom is 0.223 e. The summed E-state index contributed by atoms with van der Waals surface area (Å²) in [5.41, 5.74) is 0.606. The van der Waals surface area contributed by atoms with Gasteiger partial charge < -0.3 is 9.84 Å². The molecule has 1 aromatic heterocycles. The van der Waals surface area contributed by atoms with Crippen molar-refractivity contribution in [3.05, 3.63) is 46.3 Å². The lowest BCUT2D eigenvalue weighted by molar-refractivity contribution is -0.109. The quantitative estimate of drug-likeness (QED) is 0.934. The van der Waals surface area contributed by atoms with Crippen LogP contribution in [0.5, 0.6) is 0 Å². The lowest BCUT2D eigenvalue weighted by atomic mass is 10.3. The molecular formula is C13H12Cl2N4O2. The highest BCUT2D eigenvalue weighted by molar-refractivity contribution is 6.39. The Hall–Kier alpha value is -1.76. The maximum atomic E-state index is 6.13. The zero-order chi connectivity index (χ0) is 14.7. The lowest BCUT2D eigenvalue weighted by Crippen LogP contribution is -2.33. The van der Waals surface area contributed by atoms with Gasteiger partial charge in [-0.05, 0) is 12.1 Å². The standard InChI is InChI=1S/C13H12Cl2N4O2/c14-10-2-1-3-11(15)12(10)18-13-16-6-7-19(13)20-8-9-4-5-17-21-9/h1-5H,6-8H2,(H,16,18). The number of aliphatic imine (C=N–C) groups is 1. The van der Waals surface area contributed by atoms with E-state index in [1.807, 2.05) is 0 Å². The van der Waals surface area contributed by atoms with Crippen LogP contribution in [0, 0.1) is 0 Å². The molecule has 1 N–H and O–H groups in total. The van der Waals surface area contributed by atoms with E-state index in [1.165, 1.54) is 0 Å². The van der Waals surface area contributed by atoms with Crippen LogP contribution in [-0.2, 0) is 11.4 Å². The molecule has 1 aliphatic heterocycles. The van der Waals surface area contributed by atoms with Gasteiger partial charge >= 0.3 is 0 Å². The van der Waals surface area contributed by atoms with Crippen molar-refractivity contribution in [2.75, 3.05) is 18.4 Å². The van der Waals surface area contributed by atoms with Crippen molar-refractivity contribution in [3.63, 3.8) is 0 Å². The molecule has 0 bridgehead atoms. The minimum absolute atomic E-state index is 0.275. The number of nitrogens with zero attached hydrogens (tertiary/aromatic N) is 3. The first-order valence-corrected chi connectivity index (χ1v) is 7.05. The van der Waals surface area contributed by atoms with E-state index in [-0.39, 0.29) is 6.61 Å². The zero-order valence-electron chi connectivity index (χ0n) is 10.9. The van der Waals surface area contributed by atoms with Gasteiger partial charge in [0, 0.05) is 6.07 Å². The van der Waals surface area contributed by atoms with E-state index >= 15 is 0 Å². The number of anilines is 1. The normalized spacial score (nSPS) is 14.4. The van der Waals surface area contributed by atoms with Crippen LogP contribution in [0.15, 0.2) is 40.0 Å². The van der Waals surface area contributed by atoms with Gasteiger partial charge in [-0.1, -0.05) is 34.4 Å². The second-order valence-corrected chi connectivity index (χ2v) is 5.10. The molecule has 2 aromatic rings. The molecule has 1 aliphatic rings. The van der Waals surface area contributed by atoms with Crippen LogP contribution in [0.2, 0.25) is 10.0 Å². The van der Waals surface area contributed by atoms with E-state index < -0.39 is 0 Å². The first-order chi connectivity index (χ1) is 10.2. The van der Waals surface area contributed by atoms with Crippen LogP contribution in [0.3, 0.4) is 0 Å². The average Bonchev–Trinajstić information content (AvgIpc) is 3.12. The van der Waals surface area contributed by atoms with Crippen molar-refractivity contribution < 1.29 is 9.36 Å². The molecule has 0 atom stereocenters. The van der Waals surface area contributed by atoms with Crippen molar-refractivity contribution >= 4 is 34.8 Å². The molecule has 0 saturated heterocycles. The Labute approximate surface area is 131 Å². The van der Waals surface area contributed by atoms with Gasteiger partial charge in [-0.2, -0.15) is 0 Å². The Morgan fingerprint density at radius 2 is 2.10 bits per heavy atom. The highest BCUT2D eigenvalue weighted by atomic mass is 35.5. The average molecular weight is 327 g/mol. The van der Waals surface area contributed by atoms with Crippen molar-refractivity contribution in [1.82, 2.24) is 10.2 Å². The van der Waals surface area contributed by atoms with Crippen LogP contribution >= 0.6 is 23.2 Å². The third-order valence-electron chi connectivity index (χ3n) is 2.85. The highest BCUT2D eigenvalue weighted by Gasteiger charge is 2.20. The number of rotatable bonds is 4. The molecule has 3 rings (SSSR count). The van der Waals surface area contributed by atoms with Gasteiger partial charge in [0.1, 0.15) is 6.61 Å². The summed E-state index contributed by atoms with van der Waals surface area (Å²) < 4.78 is 4.98. The van der Waals surface area contributed by atoms with E-state index in [9.17, 15) is 0 Å². The zero-order valence-corrected chi connectivity index (χ0v) is 12.4. The van der Waals surface area contributed by atoms with Crippen molar-refractivity contribution in [1.29, 1.82) is 0 Å². The van der Waals surface area contributed by atoms with Gasteiger partial charge in [-0.25, -0.2) is 10.1 Å².